The largest absolute Gasteiger partial charge is 0.461 e. The van der Waals surface area contributed by atoms with Gasteiger partial charge in [-0.2, -0.15) is 0 Å². The molecular weight excluding hydrogens is 478 g/mol. The van der Waals surface area contributed by atoms with Gasteiger partial charge < -0.3 is 24.7 Å². The molecule has 0 radical (unpaired) electrons. The van der Waals surface area contributed by atoms with Crippen LogP contribution in [0.1, 0.15) is 85.6 Å². The minimum Gasteiger partial charge on any atom is -0.461 e. The Kier molecular flexibility index (Phi) is 14.5. The van der Waals surface area contributed by atoms with Crippen molar-refractivity contribution in [3.8, 4) is 11.5 Å². The molecule has 0 fully saturated rings. The minimum atomic E-state index is -0.999. The second kappa shape index (κ2) is 16.7. The Morgan fingerprint density at radius 2 is 1.41 bits per heavy atom. The Balaban J connectivity index is 2.90. The standard InChI is InChI=1S/C28H43NO8/c1-7-10-25(30)35-20(6)17-34-28(33)22(29)15-21-11-12-23(36-26(31)13-18(4)8-2)24(16-21)37-27(32)14-19(5)9-3/h11-12,16,18-20,22H,7-10,13-15,17,29H2,1-6H3/t18?,19?,20-,22-/m0/s1. The van der Waals surface area contributed by atoms with Crippen LogP contribution in [0.5, 0.6) is 11.5 Å². The van der Waals surface area contributed by atoms with Gasteiger partial charge >= 0.3 is 23.9 Å². The van der Waals surface area contributed by atoms with Crippen molar-refractivity contribution in [2.24, 2.45) is 17.6 Å². The van der Waals surface area contributed by atoms with Crippen molar-refractivity contribution in [3.05, 3.63) is 23.8 Å². The summed E-state index contributed by atoms with van der Waals surface area (Å²) < 4.78 is 21.4. The molecule has 0 bridgehead atoms. The van der Waals surface area contributed by atoms with Gasteiger partial charge in [0.25, 0.3) is 0 Å². The van der Waals surface area contributed by atoms with Crippen LogP contribution in [0.4, 0.5) is 0 Å². The van der Waals surface area contributed by atoms with E-state index < -0.39 is 30.1 Å². The van der Waals surface area contributed by atoms with Gasteiger partial charge in [0, 0.05) is 19.3 Å². The molecule has 1 aromatic carbocycles. The number of esters is 4. The van der Waals surface area contributed by atoms with Gasteiger partial charge in [-0.3, -0.25) is 19.2 Å². The average molecular weight is 522 g/mol. The maximum Gasteiger partial charge on any atom is 0.323 e. The second-order valence-electron chi connectivity index (χ2n) is 9.66. The summed E-state index contributed by atoms with van der Waals surface area (Å²) in [6.45, 7) is 11.3. The Morgan fingerprint density at radius 1 is 0.838 bits per heavy atom. The van der Waals surface area contributed by atoms with E-state index in [-0.39, 0.29) is 55.2 Å². The molecule has 2 unspecified atom stereocenters. The topological polar surface area (TPSA) is 131 Å². The molecule has 2 N–H and O–H groups in total. The molecule has 37 heavy (non-hydrogen) atoms. The Morgan fingerprint density at radius 3 is 1.95 bits per heavy atom. The lowest BCUT2D eigenvalue weighted by Gasteiger charge is -2.17. The lowest BCUT2D eigenvalue weighted by Crippen LogP contribution is -2.36. The van der Waals surface area contributed by atoms with Gasteiger partial charge in [-0.05, 0) is 49.3 Å². The quantitative estimate of drug-likeness (QED) is 0.246. The fourth-order valence-electron chi connectivity index (χ4n) is 3.20. The maximum atomic E-state index is 12.5. The molecule has 0 aliphatic rings. The SMILES string of the molecule is CCCC(=O)O[C@@H](C)COC(=O)[C@@H](N)Cc1ccc(OC(=O)CC(C)CC)c(OC(=O)CC(C)CC)c1. The minimum absolute atomic E-state index is 0.0971. The summed E-state index contributed by atoms with van der Waals surface area (Å²) in [5.41, 5.74) is 6.63. The van der Waals surface area contributed by atoms with E-state index >= 15 is 0 Å². The van der Waals surface area contributed by atoms with Crippen LogP contribution < -0.4 is 15.2 Å². The Labute approximate surface area is 220 Å². The summed E-state index contributed by atoms with van der Waals surface area (Å²) >= 11 is 0. The molecule has 0 spiro atoms. The molecule has 9 nitrogen and oxygen atoms in total. The number of ether oxygens (including phenoxy) is 4. The molecule has 0 saturated carbocycles. The van der Waals surface area contributed by atoms with E-state index in [1.165, 1.54) is 6.07 Å². The predicted octanol–water partition coefficient (Wildman–Crippen LogP) is 4.51. The normalized spacial score (nSPS) is 14.1. The summed E-state index contributed by atoms with van der Waals surface area (Å²) in [6, 6.07) is 3.73. The van der Waals surface area contributed by atoms with E-state index in [0.29, 0.717) is 18.4 Å². The first-order chi connectivity index (χ1) is 17.5. The Hall–Kier alpha value is -2.94. The fourth-order valence-corrected chi connectivity index (χ4v) is 3.20. The van der Waals surface area contributed by atoms with Crippen LogP contribution in [0.2, 0.25) is 0 Å². The van der Waals surface area contributed by atoms with Crippen LogP contribution in [-0.2, 0) is 35.1 Å². The van der Waals surface area contributed by atoms with Gasteiger partial charge in [0.2, 0.25) is 0 Å². The molecule has 0 heterocycles. The summed E-state index contributed by atoms with van der Waals surface area (Å²) in [5, 5.41) is 0. The van der Waals surface area contributed by atoms with Crippen molar-refractivity contribution in [2.75, 3.05) is 6.61 Å². The fraction of sp³-hybridized carbons (Fsp3) is 0.643. The van der Waals surface area contributed by atoms with E-state index in [1.54, 1.807) is 19.1 Å². The number of hydrogen-bond donors (Lipinski definition) is 1. The number of nitrogens with two attached hydrogens (primary N) is 1. The van der Waals surface area contributed by atoms with Crippen LogP contribution in [0, 0.1) is 11.8 Å². The number of benzene rings is 1. The monoisotopic (exact) mass is 521 g/mol. The highest BCUT2D eigenvalue weighted by Gasteiger charge is 2.21. The van der Waals surface area contributed by atoms with Crippen molar-refractivity contribution < 1.29 is 38.1 Å². The van der Waals surface area contributed by atoms with E-state index in [2.05, 4.69) is 0 Å². The summed E-state index contributed by atoms with van der Waals surface area (Å²) in [5.74, 6) is -1.34. The number of rotatable bonds is 16. The molecule has 1 aromatic rings. The smallest absolute Gasteiger partial charge is 0.323 e. The first kappa shape index (κ1) is 32.1. The van der Waals surface area contributed by atoms with Crippen molar-refractivity contribution in [3.63, 3.8) is 0 Å². The van der Waals surface area contributed by atoms with Crippen LogP contribution in [0.3, 0.4) is 0 Å². The van der Waals surface area contributed by atoms with Crippen molar-refractivity contribution in [2.45, 2.75) is 98.6 Å². The molecule has 0 aliphatic carbocycles. The zero-order valence-corrected chi connectivity index (χ0v) is 23.0. The van der Waals surface area contributed by atoms with Gasteiger partial charge in [0.1, 0.15) is 18.8 Å². The van der Waals surface area contributed by atoms with Crippen molar-refractivity contribution in [1.29, 1.82) is 0 Å². The Bertz CT molecular complexity index is 900. The van der Waals surface area contributed by atoms with E-state index in [1.807, 2.05) is 34.6 Å². The van der Waals surface area contributed by atoms with Gasteiger partial charge in [-0.15, -0.1) is 0 Å². The van der Waals surface area contributed by atoms with Gasteiger partial charge in [0.15, 0.2) is 11.5 Å². The van der Waals surface area contributed by atoms with Crippen LogP contribution in [0.25, 0.3) is 0 Å². The van der Waals surface area contributed by atoms with Gasteiger partial charge in [0.05, 0.1) is 0 Å². The van der Waals surface area contributed by atoms with Crippen LogP contribution in [0.15, 0.2) is 18.2 Å². The number of carbonyl (C=O) groups excluding carboxylic acids is 4. The third-order valence-corrected chi connectivity index (χ3v) is 5.89. The first-order valence-corrected chi connectivity index (χ1v) is 13.1. The lowest BCUT2D eigenvalue weighted by molar-refractivity contribution is -0.158. The summed E-state index contributed by atoms with van der Waals surface area (Å²) in [6.07, 6.45) is 2.58. The highest BCUT2D eigenvalue weighted by Crippen LogP contribution is 2.30. The highest BCUT2D eigenvalue weighted by molar-refractivity contribution is 5.77. The predicted molar refractivity (Wildman–Crippen MR) is 139 cm³/mol. The lowest BCUT2D eigenvalue weighted by atomic mass is 10.0. The van der Waals surface area contributed by atoms with E-state index in [9.17, 15) is 19.2 Å². The summed E-state index contributed by atoms with van der Waals surface area (Å²) in [7, 11) is 0. The van der Waals surface area contributed by atoms with E-state index in [4.69, 9.17) is 24.7 Å². The van der Waals surface area contributed by atoms with Crippen LogP contribution in [-0.4, -0.2) is 42.6 Å². The molecule has 9 heteroatoms. The molecule has 4 atom stereocenters. The van der Waals surface area contributed by atoms with Crippen molar-refractivity contribution in [1.82, 2.24) is 0 Å². The summed E-state index contributed by atoms with van der Waals surface area (Å²) in [4.78, 5) is 48.8. The average Bonchev–Trinajstić information content (AvgIpc) is 2.83. The molecule has 208 valence electrons. The van der Waals surface area contributed by atoms with Crippen LogP contribution >= 0.6 is 0 Å². The number of carbonyl (C=O) groups is 4. The van der Waals surface area contributed by atoms with E-state index in [0.717, 1.165) is 12.8 Å². The van der Waals surface area contributed by atoms with Crippen molar-refractivity contribution >= 4 is 23.9 Å². The molecule has 0 saturated heterocycles. The van der Waals surface area contributed by atoms with Gasteiger partial charge in [-0.25, -0.2) is 0 Å². The molecule has 0 aromatic heterocycles. The molecule has 0 amide bonds. The van der Waals surface area contributed by atoms with Gasteiger partial charge in [-0.1, -0.05) is 53.5 Å². The molecule has 1 rings (SSSR count). The number of hydrogen-bond acceptors (Lipinski definition) is 9. The zero-order chi connectivity index (χ0) is 28.0. The zero-order valence-electron chi connectivity index (χ0n) is 23.0. The second-order valence-corrected chi connectivity index (χ2v) is 9.66. The third-order valence-electron chi connectivity index (χ3n) is 5.89. The molecular formula is C28H43NO8. The molecule has 0 aliphatic heterocycles. The highest BCUT2D eigenvalue weighted by atomic mass is 16.6. The third kappa shape index (κ3) is 12.7. The first-order valence-electron chi connectivity index (χ1n) is 13.1. The maximum absolute atomic E-state index is 12.5.